The van der Waals surface area contributed by atoms with Crippen LogP contribution in [0.1, 0.15) is 18.9 Å². The highest BCUT2D eigenvalue weighted by Crippen LogP contribution is 2.41. The molecule has 1 aromatic rings. The Morgan fingerprint density at radius 2 is 1.92 bits per heavy atom. The van der Waals surface area contributed by atoms with Crippen LogP contribution in [0.25, 0.3) is 0 Å². The first-order valence-corrected chi connectivity index (χ1v) is 9.37. The molecule has 130 valence electrons. The maximum atomic E-state index is 12.6. The van der Waals surface area contributed by atoms with Gasteiger partial charge in [-0.2, -0.15) is 0 Å². The highest BCUT2D eigenvalue weighted by Gasteiger charge is 2.49. The summed E-state index contributed by atoms with van der Waals surface area (Å²) in [7, 11) is 0. The van der Waals surface area contributed by atoms with Crippen molar-refractivity contribution in [3.05, 3.63) is 28.2 Å². The molecular formula is C18H24BrN3O2. The van der Waals surface area contributed by atoms with Gasteiger partial charge in [-0.3, -0.25) is 9.59 Å². The van der Waals surface area contributed by atoms with E-state index in [0.29, 0.717) is 6.42 Å². The second kappa shape index (κ2) is 7.23. The van der Waals surface area contributed by atoms with Crippen molar-refractivity contribution < 1.29 is 9.59 Å². The number of carbonyl (C=O) groups excluding carboxylic acids is 2. The number of aryl methyl sites for hydroxylation is 1. The van der Waals surface area contributed by atoms with E-state index in [4.69, 9.17) is 0 Å². The number of hydrogen-bond donors (Lipinski definition) is 1. The molecule has 1 saturated heterocycles. The van der Waals surface area contributed by atoms with Crippen molar-refractivity contribution in [2.75, 3.05) is 38.0 Å². The fraction of sp³-hybridized carbons (Fsp3) is 0.556. The van der Waals surface area contributed by atoms with E-state index in [9.17, 15) is 9.59 Å². The van der Waals surface area contributed by atoms with E-state index in [-0.39, 0.29) is 23.7 Å². The molecule has 2 unspecified atom stereocenters. The number of benzene rings is 1. The number of likely N-dealkylation sites (N-methyl/N-ethyl adjacent to an activating group) is 1. The van der Waals surface area contributed by atoms with Crippen molar-refractivity contribution >= 4 is 33.4 Å². The number of hydrogen-bond acceptors (Lipinski definition) is 3. The molecule has 1 aliphatic heterocycles. The Labute approximate surface area is 151 Å². The Morgan fingerprint density at radius 3 is 2.54 bits per heavy atom. The normalized spacial score (nSPS) is 23.9. The highest BCUT2D eigenvalue weighted by molar-refractivity contribution is 9.10. The lowest BCUT2D eigenvalue weighted by atomic mass is 10.2. The van der Waals surface area contributed by atoms with Crippen molar-refractivity contribution in [2.45, 2.75) is 20.3 Å². The first-order valence-electron chi connectivity index (χ1n) is 8.57. The Morgan fingerprint density at radius 1 is 1.21 bits per heavy atom. The van der Waals surface area contributed by atoms with Crippen molar-refractivity contribution in [2.24, 2.45) is 11.8 Å². The number of nitrogens with zero attached hydrogens (tertiary/aromatic N) is 2. The summed E-state index contributed by atoms with van der Waals surface area (Å²) in [6.45, 7) is 8.56. The smallest absolute Gasteiger partial charge is 0.228 e. The van der Waals surface area contributed by atoms with Crippen LogP contribution in [0.3, 0.4) is 0 Å². The molecule has 1 heterocycles. The van der Waals surface area contributed by atoms with Gasteiger partial charge in [0.05, 0.1) is 11.8 Å². The van der Waals surface area contributed by atoms with Crippen LogP contribution in [0, 0.1) is 18.8 Å². The molecule has 3 rings (SSSR count). The van der Waals surface area contributed by atoms with Crippen molar-refractivity contribution in [3.8, 4) is 0 Å². The first-order chi connectivity index (χ1) is 11.5. The second-order valence-electron chi connectivity index (χ2n) is 6.66. The molecule has 0 bridgehead atoms. The number of halogens is 1. The molecule has 1 aromatic carbocycles. The summed E-state index contributed by atoms with van der Waals surface area (Å²) in [5.41, 5.74) is 1.83. The van der Waals surface area contributed by atoms with Gasteiger partial charge in [-0.1, -0.05) is 22.9 Å². The lowest BCUT2D eigenvalue weighted by molar-refractivity contribution is -0.135. The van der Waals surface area contributed by atoms with Crippen molar-refractivity contribution in [1.82, 2.24) is 9.80 Å². The Bertz CT molecular complexity index is 641. The third kappa shape index (κ3) is 3.81. The SMILES string of the molecule is CCN1CCN(C(=O)C2CC2C(=O)Nc2ccc(Br)cc2C)CC1. The number of nitrogens with one attached hydrogen (secondary N) is 1. The van der Waals surface area contributed by atoms with Crippen LogP contribution in [0.2, 0.25) is 0 Å². The summed E-state index contributed by atoms with van der Waals surface area (Å²) in [5.74, 6) is -0.192. The fourth-order valence-corrected chi connectivity index (χ4v) is 3.74. The molecule has 2 aliphatic rings. The molecule has 0 radical (unpaired) electrons. The predicted octanol–water partition coefficient (Wildman–Crippen LogP) is 2.50. The average molecular weight is 394 g/mol. The third-order valence-corrected chi connectivity index (χ3v) is 5.52. The van der Waals surface area contributed by atoms with E-state index in [0.717, 1.165) is 48.4 Å². The minimum absolute atomic E-state index is 0.0361. The number of carbonyl (C=O) groups is 2. The van der Waals surface area contributed by atoms with Gasteiger partial charge in [0.1, 0.15) is 0 Å². The van der Waals surface area contributed by atoms with Gasteiger partial charge in [-0.15, -0.1) is 0 Å². The minimum Gasteiger partial charge on any atom is -0.340 e. The average Bonchev–Trinajstić information content (AvgIpc) is 3.37. The molecule has 1 saturated carbocycles. The second-order valence-corrected chi connectivity index (χ2v) is 7.57. The van der Waals surface area contributed by atoms with Gasteiger partial charge in [-0.05, 0) is 43.7 Å². The summed E-state index contributed by atoms with van der Waals surface area (Å²) >= 11 is 3.42. The van der Waals surface area contributed by atoms with Crippen LogP contribution in [-0.4, -0.2) is 54.3 Å². The van der Waals surface area contributed by atoms with E-state index in [1.165, 1.54) is 0 Å². The predicted molar refractivity (Wildman–Crippen MR) is 97.8 cm³/mol. The summed E-state index contributed by atoms with van der Waals surface area (Å²) in [5, 5.41) is 2.96. The van der Waals surface area contributed by atoms with E-state index in [2.05, 4.69) is 33.1 Å². The van der Waals surface area contributed by atoms with Crippen LogP contribution in [0.4, 0.5) is 5.69 Å². The molecule has 2 amide bonds. The number of rotatable bonds is 4. The lowest BCUT2D eigenvalue weighted by Crippen LogP contribution is -2.49. The van der Waals surface area contributed by atoms with Crippen LogP contribution < -0.4 is 5.32 Å². The Hall–Kier alpha value is -1.40. The van der Waals surface area contributed by atoms with Gasteiger partial charge in [0.2, 0.25) is 11.8 Å². The van der Waals surface area contributed by atoms with Crippen LogP contribution in [-0.2, 0) is 9.59 Å². The van der Waals surface area contributed by atoms with Crippen LogP contribution in [0.5, 0.6) is 0 Å². The highest BCUT2D eigenvalue weighted by atomic mass is 79.9. The van der Waals surface area contributed by atoms with Gasteiger partial charge < -0.3 is 15.1 Å². The summed E-state index contributed by atoms with van der Waals surface area (Å²) in [4.78, 5) is 29.2. The number of piperazine rings is 1. The van der Waals surface area contributed by atoms with Crippen LogP contribution >= 0.6 is 15.9 Å². The topological polar surface area (TPSA) is 52.7 Å². The number of amides is 2. The first kappa shape index (κ1) is 17.4. The molecule has 1 aliphatic carbocycles. The zero-order valence-corrected chi connectivity index (χ0v) is 15.8. The molecule has 5 nitrogen and oxygen atoms in total. The van der Waals surface area contributed by atoms with Gasteiger partial charge in [0.15, 0.2) is 0 Å². The van der Waals surface area contributed by atoms with E-state index in [1.807, 2.05) is 30.0 Å². The quantitative estimate of drug-likeness (QED) is 0.854. The van der Waals surface area contributed by atoms with Gasteiger partial charge in [0.25, 0.3) is 0 Å². The van der Waals surface area contributed by atoms with E-state index < -0.39 is 0 Å². The maximum Gasteiger partial charge on any atom is 0.228 e. The largest absolute Gasteiger partial charge is 0.340 e. The standard InChI is InChI=1S/C18H24BrN3O2/c1-3-21-6-8-22(9-7-21)18(24)15-11-14(15)17(23)20-16-5-4-13(19)10-12(16)2/h4-5,10,14-15H,3,6-9,11H2,1-2H3,(H,20,23). The summed E-state index contributed by atoms with van der Waals surface area (Å²) in [6.07, 6.45) is 0.675. The van der Waals surface area contributed by atoms with Crippen molar-refractivity contribution in [3.63, 3.8) is 0 Å². The van der Waals surface area contributed by atoms with Gasteiger partial charge >= 0.3 is 0 Å². The summed E-state index contributed by atoms with van der Waals surface area (Å²) < 4.78 is 0.990. The Balaban J connectivity index is 1.53. The molecule has 2 fully saturated rings. The molecule has 2 atom stereocenters. The summed E-state index contributed by atoms with van der Waals surface area (Å²) in [6, 6.07) is 5.77. The molecule has 0 aromatic heterocycles. The van der Waals surface area contributed by atoms with Gasteiger partial charge in [-0.25, -0.2) is 0 Å². The molecule has 0 spiro atoms. The number of anilines is 1. The van der Waals surface area contributed by atoms with Crippen molar-refractivity contribution in [1.29, 1.82) is 0 Å². The van der Waals surface area contributed by atoms with Gasteiger partial charge in [0, 0.05) is 36.3 Å². The van der Waals surface area contributed by atoms with E-state index >= 15 is 0 Å². The molecule has 24 heavy (non-hydrogen) atoms. The molecule has 1 N–H and O–H groups in total. The fourth-order valence-electron chi connectivity index (χ4n) is 3.27. The zero-order valence-electron chi connectivity index (χ0n) is 14.2. The monoisotopic (exact) mass is 393 g/mol. The Kier molecular flexibility index (Phi) is 5.25. The third-order valence-electron chi connectivity index (χ3n) is 5.02. The molecule has 6 heteroatoms. The zero-order chi connectivity index (χ0) is 17.3. The molecular weight excluding hydrogens is 370 g/mol. The maximum absolute atomic E-state index is 12.6. The van der Waals surface area contributed by atoms with Crippen LogP contribution in [0.15, 0.2) is 22.7 Å². The lowest BCUT2D eigenvalue weighted by Gasteiger charge is -2.34. The van der Waals surface area contributed by atoms with E-state index in [1.54, 1.807) is 0 Å². The minimum atomic E-state index is -0.176.